The van der Waals surface area contributed by atoms with Crippen LogP contribution < -0.4 is 0 Å². The van der Waals surface area contributed by atoms with Crippen LogP contribution in [0.1, 0.15) is 55.8 Å². The quantitative estimate of drug-likeness (QED) is 0.686. The van der Waals surface area contributed by atoms with Crippen molar-refractivity contribution >= 4 is 11.0 Å². The fourth-order valence-electron chi connectivity index (χ4n) is 3.48. The highest BCUT2D eigenvalue weighted by atomic mass is 15.3. The van der Waals surface area contributed by atoms with Crippen LogP contribution in [0.5, 0.6) is 0 Å². The summed E-state index contributed by atoms with van der Waals surface area (Å²) in [5.74, 6) is 1.65. The van der Waals surface area contributed by atoms with Gasteiger partial charge in [0, 0.05) is 30.4 Å². The molecule has 0 bridgehead atoms. The van der Waals surface area contributed by atoms with Crippen LogP contribution in [0.15, 0.2) is 24.5 Å². The van der Waals surface area contributed by atoms with Gasteiger partial charge in [0.25, 0.3) is 0 Å². The normalized spacial score (nSPS) is 12.9. The molecule has 0 aromatic carbocycles. The van der Waals surface area contributed by atoms with E-state index in [4.69, 9.17) is 0 Å². The first kappa shape index (κ1) is 15.8. The molecule has 3 aromatic heterocycles. The molecule has 0 aliphatic rings. The molecule has 1 unspecified atom stereocenters. The van der Waals surface area contributed by atoms with Crippen molar-refractivity contribution in [3.8, 4) is 5.82 Å². The number of pyridine rings is 1. The molecule has 0 spiro atoms. The highest BCUT2D eigenvalue weighted by Gasteiger charge is 2.21. The van der Waals surface area contributed by atoms with E-state index in [0.717, 1.165) is 17.2 Å². The van der Waals surface area contributed by atoms with Gasteiger partial charge in [0.15, 0.2) is 0 Å². The molecule has 4 heteroatoms. The van der Waals surface area contributed by atoms with Crippen LogP contribution >= 0.6 is 0 Å². The molecule has 4 nitrogen and oxygen atoms in total. The topological polar surface area (TPSA) is 35.6 Å². The van der Waals surface area contributed by atoms with E-state index in [9.17, 15) is 0 Å². The van der Waals surface area contributed by atoms with Crippen molar-refractivity contribution in [3.63, 3.8) is 0 Å². The minimum atomic E-state index is 0.501. The van der Waals surface area contributed by atoms with Crippen molar-refractivity contribution in [2.45, 2.75) is 52.9 Å². The van der Waals surface area contributed by atoms with Crippen molar-refractivity contribution in [2.24, 2.45) is 7.05 Å². The maximum absolute atomic E-state index is 4.69. The Balaban J connectivity index is 2.15. The van der Waals surface area contributed by atoms with Gasteiger partial charge in [0.2, 0.25) is 0 Å². The average molecular weight is 310 g/mol. The monoisotopic (exact) mass is 310 g/mol. The summed E-state index contributed by atoms with van der Waals surface area (Å²) in [7, 11) is 2.03. The Bertz CT molecular complexity index is 825. The van der Waals surface area contributed by atoms with Crippen LogP contribution in [-0.2, 0) is 7.05 Å². The Morgan fingerprint density at radius 1 is 1.26 bits per heavy atom. The van der Waals surface area contributed by atoms with Crippen molar-refractivity contribution < 1.29 is 0 Å². The molecule has 0 amide bonds. The molecule has 3 rings (SSSR count). The van der Waals surface area contributed by atoms with E-state index in [1.165, 1.54) is 35.8 Å². The molecule has 0 aliphatic heterocycles. The number of aromatic nitrogens is 4. The maximum atomic E-state index is 4.69. The molecule has 0 N–H and O–H groups in total. The second kappa shape index (κ2) is 6.19. The lowest BCUT2D eigenvalue weighted by atomic mass is 9.95. The SMILES string of the molecule is CCCCC(C)c1c(C)nn(C)c1-n1ccc2cc(C)cnc21. The smallest absolute Gasteiger partial charge is 0.145 e. The summed E-state index contributed by atoms with van der Waals surface area (Å²) >= 11 is 0. The zero-order chi connectivity index (χ0) is 16.6. The number of nitrogens with zero attached hydrogens (tertiary/aromatic N) is 4. The summed E-state index contributed by atoms with van der Waals surface area (Å²) in [4.78, 5) is 4.65. The second-order valence-corrected chi connectivity index (χ2v) is 6.60. The predicted octanol–water partition coefficient (Wildman–Crippen LogP) is 4.67. The first-order valence-corrected chi connectivity index (χ1v) is 8.50. The van der Waals surface area contributed by atoms with Gasteiger partial charge in [-0.25, -0.2) is 4.98 Å². The van der Waals surface area contributed by atoms with Crippen LogP contribution in [0.25, 0.3) is 16.9 Å². The molecule has 3 heterocycles. The molecule has 0 saturated carbocycles. The Kier molecular flexibility index (Phi) is 4.24. The fourth-order valence-corrected chi connectivity index (χ4v) is 3.48. The molecule has 0 radical (unpaired) electrons. The summed E-state index contributed by atoms with van der Waals surface area (Å²) in [5, 5.41) is 5.87. The lowest BCUT2D eigenvalue weighted by molar-refractivity contribution is 0.618. The van der Waals surface area contributed by atoms with Gasteiger partial charge >= 0.3 is 0 Å². The highest BCUT2D eigenvalue weighted by Crippen LogP contribution is 2.31. The number of unbranched alkanes of at least 4 members (excludes halogenated alkanes) is 1. The number of fused-ring (bicyclic) bond motifs is 1. The van der Waals surface area contributed by atoms with Gasteiger partial charge in [0.05, 0.1) is 5.69 Å². The van der Waals surface area contributed by atoms with Crippen LogP contribution in [0.2, 0.25) is 0 Å². The summed E-state index contributed by atoms with van der Waals surface area (Å²) in [5.41, 5.74) is 4.66. The molecular formula is C19H26N4. The largest absolute Gasteiger partial charge is 0.285 e. The summed E-state index contributed by atoms with van der Waals surface area (Å²) in [6.45, 7) is 8.75. The molecular weight excluding hydrogens is 284 g/mol. The Hall–Kier alpha value is -2.10. The Morgan fingerprint density at radius 3 is 2.78 bits per heavy atom. The van der Waals surface area contributed by atoms with Crippen LogP contribution in [0.3, 0.4) is 0 Å². The van der Waals surface area contributed by atoms with Crippen molar-refractivity contribution in [2.75, 3.05) is 0 Å². The number of rotatable bonds is 5. The highest BCUT2D eigenvalue weighted by molar-refractivity contribution is 5.78. The van der Waals surface area contributed by atoms with Crippen molar-refractivity contribution in [3.05, 3.63) is 41.3 Å². The van der Waals surface area contributed by atoms with Crippen LogP contribution in [-0.4, -0.2) is 19.3 Å². The maximum Gasteiger partial charge on any atom is 0.145 e. The van der Waals surface area contributed by atoms with E-state index in [1.807, 2.05) is 17.9 Å². The first-order chi connectivity index (χ1) is 11.0. The molecule has 3 aromatic rings. The number of hydrogen-bond acceptors (Lipinski definition) is 2. The van der Waals surface area contributed by atoms with Gasteiger partial charge in [-0.2, -0.15) is 5.10 Å². The zero-order valence-electron chi connectivity index (χ0n) is 14.8. The fraction of sp³-hybridized carbons (Fsp3) is 0.474. The standard InChI is InChI=1S/C19H26N4/c1-6-7-8-14(3)17-15(4)21-22(5)19(17)23-10-9-16-11-13(2)12-20-18(16)23/h9-12,14H,6-8H2,1-5H3. The van der Waals surface area contributed by atoms with Gasteiger partial charge < -0.3 is 0 Å². The number of hydrogen-bond donors (Lipinski definition) is 0. The predicted molar refractivity (Wildman–Crippen MR) is 95.3 cm³/mol. The van der Waals surface area contributed by atoms with E-state index in [2.05, 4.69) is 60.7 Å². The molecule has 0 aliphatic carbocycles. The van der Waals surface area contributed by atoms with Gasteiger partial charge in [-0.15, -0.1) is 0 Å². The molecule has 0 fully saturated rings. The summed E-state index contributed by atoms with van der Waals surface area (Å²) in [6, 6.07) is 4.32. The van der Waals surface area contributed by atoms with E-state index >= 15 is 0 Å². The van der Waals surface area contributed by atoms with Gasteiger partial charge in [0.1, 0.15) is 11.5 Å². The minimum Gasteiger partial charge on any atom is -0.285 e. The number of aryl methyl sites for hydroxylation is 3. The van der Waals surface area contributed by atoms with Crippen LogP contribution in [0.4, 0.5) is 0 Å². The van der Waals surface area contributed by atoms with E-state index in [0.29, 0.717) is 5.92 Å². The van der Waals surface area contributed by atoms with Crippen molar-refractivity contribution in [1.82, 2.24) is 19.3 Å². The molecule has 122 valence electrons. The zero-order valence-corrected chi connectivity index (χ0v) is 14.8. The van der Waals surface area contributed by atoms with Gasteiger partial charge in [-0.3, -0.25) is 9.25 Å². The average Bonchev–Trinajstić information content (AvgIpc) is 3.04. The second-order valence-electron chi connectivity index (χ2n) is 6.60. The van der Waals surface area contributed by atoms with Crippen LogP contribution in [0, 0.1) is 13.8 Å². The summed E-state index contributed by atoms with van der Waals surface area (Å²) in [6.07, 6.45) is 7.72. The lowest BCUT2D eigenvalue weighted by Crippen LogP contribution is -2.07. The third-order valence-corrected chi connectivity index (χ3v) is 4.61. The third-order valence-electron chi connectivity index (χ3n) is 4.61. The Labute approximate surface area is 138 Å². The summed E-state index contributed by atoms with van der Waals surface area (Å²) < 4.78 is 4.18. The molecule has 1 atom stereocenters. The third kappa shape index (κ3) is 2.78. The van der Waals surface area contributed by atoms with E-state index < -0.39 is 0 Å². The molecule has 23 heavy (non-hydrogen) atoms. The van der Waals surface area contributed by atoms with Gasteiger partial charge in [-0.05, 0) is 43.9 Å². The first-order valence-electron chi connectivity index (χ1n) is 8.50. The Morgan fingerprint density at radius 2 is 2.04 bits per heavy atom. The van der Waals surface area contributed by atoms with Crippen molar-refractivity contribution in [1.29, 1.82) is 0 Å². The van der Waals surface area contributed by atoms with Gasteiger partial charge in [-0.1, -0.05) is 26.7 Å². The van der Waals surface area contributed by atoms with E-state index in [1.54, 1.807) is 0 Å². The molecule has 0 saturated heterocycles. The van der Waals surface area contributed by atoms with E-state index in [-0.39, 0.29) is 0 Å². The minimum absolute atomic E-state index is 0.501. The lowest BCUT2D eigenvalue weighted by Gasteiger charge is -2.15.